The summed E-state index contributed by atoms with van der Waals surface area (Å²) in [6, 6.07) is 0. The lowest BCUT2D eigenvalue weighted by Crippen LogP contribution is -2.25. The summed E-state index contributed by atoms with van der Waals surface area (Å²) in [5.74, 6) is -1.34. The van der Waals surface area contributed by atoms with Crippen molar-refractivity contribution < 1.29 is 14.4 Å². The molecule has 10 heavy (non-hydrogen) atoms. The van der Waals surface area contributed by atoms with E-state index >= 15 is 0 Å². The minimum Gasteiger partial charge on any atom is -0.361 e. The molecule has 4 nitrogen and oxygen atoms in total. The van der Waals surface area contributed by atoms with Crippen molar-refractivity contribution >= 4 is 17.3 Å². The molecule has 4 heteroatoms. The number of allylic oxidation sites excluding steroid dienone is 2. The number of rotatable bonds is 0. The molecule has 1 aliphatic rings. The van der Waals surface area contributed by atoms with E-state index in [2.05, 4.69) is 4.79 Å². The zero-order valence-corrected chi connectivity index (χ0v) is 5.07. The summed E-state index contributed by atoms with van der Waals surface area (Å²) in [4.78, 5) is 23.9. The molecule has 0 saturated heterocycles. The molecule has 0 bridgehead atoms. The molecule has 0 saturated carbocycles. The van der Waals surface area contributed by atoms with E-state index in [1.807, 2.05) is 0 Å². The lowest BCUT2D eigenvalue weighted by Gasteiger charge is -1.93. The van der Waals surface area contributed by atoms with Crippen LogP contribution < -0.4 is 0 Å². The molecule has 0 spiro atoms. The fraction of sp³-hybridized carbons (Fsp3) is 0.167. The maximum Gasteiger partial charge on any atom is 0.346 e. The van der Waals surface area contributed by atoms with Crippen LogP contribution in [0.15, 0.2) is 12.2 Å². The molecule has 1 aliphatic carbocycles. The second-order valence-electron chi connectivity index (χ2n) is 1.85. The molecule has 0 N–H and O–H groups in total. The Morgan fingerprint density at radius 3 is 2.70 bits per heavy atom. The number of nitrogens with zero attached hydrogens (tertiary/aromatic N) is 2. The van der Waals surface area contributed by atoms with Crippen molar-refractivity contribution in [2.45, 2.75) is 6.42 Å². The van der Waals surface area contributed by atoms with Crippen LogP contribution in [0.3, 0.4) is 0 Å². The fourth-order valence-corrected chi connectivity index (χ4v) is 0.674. The lowest BCUT2D eigenvalue weighted by molar-refractivity contribution is -0.132. The third-order valence-corrected chi connectivity index (χ3v) is 1.19. The van der Waals surface area contributed by atoms with E-state index in [-0.39, 0.29) is 12.1 Å². The maximum absolute atomic E-state index is 10.7. The number of ketones is 2. The minimum atomic E-state index is -0.718. The van der Waals surface area contributed by atoms with Gasteiger partial charge in [-0.2, -0.15) is 4.79 Å². The Morgan fingerprint density at radius 1 is 1.50 bits per heavy atom. The van der Waals surface area contributed by atoms with Gasteiger partial charge in [0.25, 0.3) is 0 Å². The van der Waals surface area contributed by atoms with Gasteiger partial charge in [0.1, 0.15) is 0 Å². The average molecular weight is 136 g/mol. The normalized spacial score (nSPS) is 17.4. The van der Waals surface area contributed by atoms with Gasteiger partial charge < -0.3 is 5.53 Å². The predicted molar refractivity (Wildman–Crippen MR) is 32.4 cm³/mol. The smallest absolute Gasteiger partial charge is 0.346 e. The first kappa shape index (κ1) is 6.58. The first-order valence-electron chi connectivity index (χ1n) is 2.72. The number of carbonyl (C=O) groups excluding carboxylic acids is 2. The number of Topliss-reactive ketones (excluding diaryl/α,β-unsaturated/α-hetero) is 1. The Morgan fingerprint density at radius 2 is 2.20 bits per heavy atom. The van der Waals surface area contributed by atoms with Crippen molar-refractivity contribution in [1.82, 2.24) is 0 Å². The van der Waals surface area contributed by atoms with Gasteiger partial charge >= 0.3 is 11.5 Å². The van der Waals surface area contributed by atoms with E-state index in [4.69, 9.17) is 5.53 Å². The van der Waals surface area contributed by atoms with Crippen LogP contribution in [-0.4, -0.2) is 22.1 Å². The van der Waals surface area contributed by atoms with Crippen molar-refractivity contribution in [3.05, 3.63) is 17.7 Å². The summed E-state index contributed by atoms with van der Waals surface area (Å²) in [6.45, 7) is 0. The van der Waals surface area contributed by atoms with Gasteiger partial charge in [0.15, 0.2) is 0 Å². The molecule has 0 radical (unpaired) electrons. The average Bonchev–Trinajstić information content (AvgIpc) is 1.95. The van der Waals surface area contributed by atoms with E-state index in [1.165, 1.54) is 12.2 Å². The summed E-state index contributed by atoms with van der Waals surface area (Å²) in [5, 5.41) is 0. The molecule has 0 aromatic carbocycles. The van der Waals surface area contributed by atoms with Crippen LogP contribution in [-0.2, 0) is 9.59 Å². The highest BCUT2D eigenvalue weighted by atomic mass is 16.2. The van der Waals surface area contributed by atoms with Gasteiger partial charge in [-0.05, 0) is 6.08 Å². The molecule has 0 heterocycles. The van der Waals surface area contributed by atoms with Gasteiger partial charge in [-0.1, -0.05) is 6.08 Å². The molecule has 0 atom stereocenters. The zero-order valence-electron chi connectivity index (χ0n) is 5.07. The molecule has 0 aromatic rings. The minimum absolute atomic E-state index is 0.0903. The second kappa shape index (κ2) is 2.37. The van der Waals surface area contributed by atoms with Gasteiger partial charge in [0.05, 0.1) is 6.42 Å². The van der Waals surface area contributed by atoms with Crippen LogP contribution in [0.2, 0.25) is 0 Å². The molecule has 0 fully saturated rings. The first-order chi connectivity index (χ1) is 4.75. The highest BCUT2D eigenvalue weighted by Crippen LogP contribution is 1.97. The van der Waals surface area contributed by atoms with Gasteiger partial charge in [-0.3, -0.25) is 9.59 Å². The number of carbonyl (C=O) groups is 2. The van der Waals surface area contributed by atoms with Crippen molar-refractivity contribution in [2.24, 2.45) is 0 Å². The van der Waals surface area contributed by atoms with Crippen LogP contribution in [0.1, 0.15) is 6.42 Å². The van der Waals surface area contributed by atoms with E-state index in [1.54, 1.807) is 0 Å². The Labute approximate surface area is 56.8 Å². The Hall–Kier alpha value is -1.54. The third kappa shape index (κ3) is 0.921. The van der Waals surface area contributed by atoms with Gasteiger partial charge in [0.2, 0.25) is 5.78 Å². The van der Waals surface area contributed by atoms with Gasteiger partial charge in [-0.25, -0.2) is 0 Å². The van der Waals surface area contributed by atoms with Crippen LogP contribution in [0, 0.1) is 0 Å². The topological polar surface area (TPSA) is 70.5 Å². The molecular weight excluding hydrogens is 132 g/mol. The SMILES string of the molecule is [N-]=[N+]=C1CC=CC(=O)C1=O. The van der Waals surface area contributed by atoms with Crippen LogP contribution >= 0.6 is 0 Å². The number of hydrogen-bond donors (Lipinski definition) is 0. The maximum atomic E-state index is 10.7. The van der Waals surface area contributed by atoms with Crippen LogP contribution in [0.25, 0.3) is 5.53 Å². The highest BCUT2D eigenvalue weighted by Gasteiger charge is 2.27. The third-order valence-electron chi connectivity index (χ3n) is 1.19. The first-order valence-corrected chi connectivity index (χ1v) is 2.72. The molecular formula is C6H4N2O2. The molecule has 0 amide bonds. The van der Waals surface area contributed by atoms with E-state index < -0.39 is 11.6 Å². The second-order valence-corrected chi connectivity index (χ2v) is 1.85. The molecule has 0 aromatic heterocycles. The largest absolute Gasteiger partial charge is 0.361 e. The highest BCUT2D eigenvalue weighted by molar-refractivity contribution is 6.67. The Balaban J connectivity index is 3.07. The molecule has 1 rings (SSSR count). The summed E-state index contributed by atoms with van der Waals surface area (Å²) in [6.07, 6.45) is 2.90. The van der Waals surface area contributed by atoms with Crippen molar-refractivity contribution in [2.75, 3.05) is 0 Å². The van der Waals surface area contributed by atoms with E-state index in [0.29, 0.717) is 0 Å². The summed E-state index contributed by atoms with van der Waals surface area (Å²) in [7, 11) is 0. The summed E-state index contributed by atoms with van der Waals surface area (Å²) >= 11 is 0. The standard InChI is InChI=1S/C6H4N2O2/c7-8-4-2-1-3-5(9)6(4)10/h1,3H,2H2. The number of hydrogen-bond acceptors (Lipinski definition) is 2. The molecule has 0 unspecified atom stereocenters. The zero-order chi connectivity index (χ0) is 7.56. The van der Waals surface area contributed by atoms with Crippen molar-refractivity contribution in [3.63, 3.8) is 0 Å². The van der Waals surface area contributed by atoms with Crippen molar-refractivity contribution in [3.8, 4) is 0 Å². The predicted octanol–water partition coefficient (Wildman–Crippen LogP) is -0.245. The van der Waals surface area contributed by atoms with Gasteiger partial charge in [-0.15, -0.1) is 0 Å². The monoisotopic (exact) mass is 136 g/mol. The summed E-state index contributed by atoms with van der Waals surface area (Å²) < 4.78 is 0. The quantitative estimate of drug-likeness (QED) is 0.262. The van der Waals surface area contributed by atoms with Crippen LogP contribution in [0.5, 0.6) is 0 Å². The molecule has 50 valence electrons. The lowest BCUT2D eigenvalue weighted by atomic mass is 10.0. The fourth-order valence-electron chi connectivity index (χ4n) is 0.674. The van der Waals surface area contributed by atoms with Gasteiger partial charge in [0, 0.05) is 0 Å². The molecule has 0 aliphatic heterocycles. The Bertz CT molecular complexity index is 271. The van der Waals surface area contributed by atoms with E-state index in [9.17, 15) is 9.59 Å². The van der Waals surface area contributed by atoms with Crippen LogP contribution in [0.4, 0.5) is 0 Å². The Kier molecular flexibility index (Phi) is 1.56. The van der Waals surface area contributed by atoms with E-state index in [0.717, 1.165) is 0 Å². The van der Waals surface area contributed by atoms with Crippen molar-refractivity contribution in [1.29, 1.82) is 0 Å². The summed E-state index contributed by atoms with van der Waals surface area (Å²) in [5.41, 5.74) is 8.07.